The molecule has 136 valence electrons. The first kappa shape index (κ1) is 20.1. The lowest BCUT2D eigenvalue weighted by molar-refractivity contribution is -0.294. The molecule has 1 amide bonds. The second-order valence-electron chi connectivity index (χ2n) is 5.69. The van der Waals surface area contributed by atoms with E-state index in [2.05, 4.69) is 12.2 Å². The van der Waals surface area contributed by atoms with Crippen molar-refractivity contribution in [2.45, 2.75) is 69.7 Å². The van der Waals surface area contributed by atoms with Crippen molar-refractivity contribution in [2.75, 3.05) is 20.3 Å². The fraction of sp³-hybridized carbons (Fsp3) is 0.933. The maximum Gasteiger partial charge on any atom is 0.407 e. The lowest BCUT2D eigenvalue weighted by Crippen LogP contribution is -2.59. The Bertz CT molecular complexity index is 340. The average Bonchev–Trinajstić information content (AvgIpc) is 2.55. The fourth-order valence-electron chi connectivity index (χ4n) is 2.38. The summed E-state index contributed by atoms with van der Waals surface area (Å²) in [6.07, 6.45) is -1.35. The molecule has 1 fully saturated rings. The average molecular weight is 335 g/mol. The van der Waals surface area contributed by atoms with Gasteiger partial charge in [-0.25, -0.2) is 4.79 Å². The van der Waals surface area contributed by atoms with Crippen molar-refractivity contribution in [2.24, 2.45) is 0 Å². The topological polar surface area (TPSA) is 117 Å². The summed E-state index contributed by atoms with van der Waals surface area (Å²) in [7, 11) is 1.31. The van der Waals surface area contributed by atoms with E-state index < -0.39 is 36.8 Å². The van der Waals surface area contributed by atoms with Crippen LogP contribution in [0.15, 0.2) is 0 Å². The third kappa shape index (κ3) is 6.60. The SMILES string of the molecule is CCCCCCCNC(=O)OC[C@@H]1O[C@H](OC)[C@H](O)[C@@H](O)[C@H]1O. The van der Waals surface area contributed by atoms with E-state index in [4.69, 9.17) is 14.2 Å². The third-order valence-electron chi connectivity index (χ3n) is 3.83. The van der Waals surface area contributed by atoms with Crippen LogP contribution < -0.4 is 5.32 Å². The van der Waals surface area contributed by atoms with Crippen LogP contribution in [0.1, 0.15) is 39.0 Å². The summed E-state index contributed by atoms with van der Waals surface area (Å²) in [5.74, 6) is 0. The minimum atomic E-state index is -1.43. The predicted octanol–water partition coefficient (Wildman–Crippen LogP) is 0.137. The minimum absolute atomic E-state index is 0.244. The number of aliphatic hydroxyl groups is 3. The molecule has 23 heavy (non-hydrogen) atoms. The molecule has 8 heteroatoms. The van der Waals surface area contributed by atoms with Gasteiger partial charge in [0.1, 0.15) is 31.0 Å². The number of alkyl carbamates (subject to hydrolysis) is 1. The van der Waals surface area contributed by atoms with E-state index in [9.17, 15) is 20.1 Å². The van der Waals surface area contributed by atoms with Crippen LogP contribution in [-0.2, 0) is 14.2 Å². The molecule has 1 aliphatic rings. The Kier molecular flexibility index (Phi) is 9.42. The van der Waals surface area contributed by atoms with Gasteiger partial charge in [-0.15, -0.1) is 0 Å². The number of unbranched alkanes of at least 4 members (excludes halogenated alkanes) is 4. The van der Waals surface area contributed by atoms with Gasteiger partial charge in [0.15, 0.2) is 6.29 Å². The number of hydrogen-bond acceptors (Lipinski definition) is 7. The molecule has 0 radical (unpaired) electrons. The molecule has 1 heterocycles. The van der Waals surface area contributed by atoms with Crippen LogP contribution >= 0.6 is 0 Å². The second-order valence-corrected chi connectivity index (χ2v) is 5.69. The number of carbonyl (C=O) groups is 1. The van der Waals surface area contributed by atoms with Crippen LogP contribution in [0.2, 0.25) is 0 Å². The van der Waals surface area contributed by atoms with Crippen molar-refractivity contribution in [3.8, 4) is 0 Å². The molecule has 0 aromatic rings. The van der Waals surface area contributed by atoms with E-state index in [0.717, 1.165) is 19.3 Å². The molecule has 0 aromatic heterocycles. The van der Waals surface area contributed by atoms with Crippen LogP contribution in [0.5, 0.6) is 0 Å². The van der Waals surface area contributed by atoms with Crippen molar-refractivity contribution in [1.82, 2.24) is 5.32 Å². The van der Waals surface area contributed by atoms with Crippen molar-refractivity contribution in [3.05, 3.63) is 0 Å². The van der Waals surface area contributed by atoms with E-state index in [-0.39, 0.29) is 6.61 Å². The Morgan fingerprint density at radius 2 is 1.78 bits per heavy atom. The largest absolute Gasteiger partial charge is 0.447 e. The molecule has 0 saturated carbocycles. The lowest BCUT2D eigenvalue weighted by Gasteiger charge is -2.39. The molecule has 0 bridgehead atoms. The first-order valence-electron chi connectivity index (χ1n) is 8.14. The molecule has 0 spiro atoms. The number of rotatable bonds is 9. The molecule has 8 nitrogen and oxygen atoms in total. The number of amides is 1. The van der Waals surface area contributed by atoms with Gasteiger partial charge in [-0.2, -0.15) is 0 Å². The molecular formula is C15H29NO7. The van der Waals surface area contributed by atoms with E-state index in [0.29, 0.717) is 6.54 Å². The van der Waals surface area contributed by atoms with Crippen LogP contribution in [0.3, 0.4) is 0 Å². The van der Waals surface area contributed by atoms with Gasteiger partial charge in [-0.1, -0.05) is 32.6 Å². The van der Waals surface area contributed by atoms with E-state index in [1.807, 2.05) is 0 Å². The molecule has 1 saturated heterocycles. The smallest absolute Gasteiger partial charge is 0.407 e. The van der Waals surface area contributed by atoms with Gasteiger partial charge in [0.25, 0.3) is 0 Å². The highest BCUT2D eigenvalue weighted by molar-refractivity contribution is 5.67. The number of methoxy groups -OCH3 is 1. The van der Waals surface area contributed by atoms with Crippen LogP contribution in [-0.4, -0.2) is 72.4 Å². The van der Waals surface area contributed by atoms with Gasteiger partial charge in [0.2, 0.25) is 0 Å². The molecular weight excluding hydrogens is 306 g/mol. The molecule has 0 aliphatic carbocycles. The van der Waals surface area contributed by atoms with Crippen molar-refractivity contribution in [3.63, 3.8) is 0 Å². The van der Waals surface area contributed by atoms with Crippen molar-refractivity contribution >= 4 is 6.09 Å². The summed E-state index contributed by atoms with van der Waals surface area (Å²) in [4.78, 5) is 11.6. The molecule has 4 N–H and O–H groups in total. The maximum absolute atomic E-state index is 11.6. The van der Waals surface area contributed by atoms with Gasteiger partial charge in [0, 0.05) is 13.7 Å². The second kappa shape index (κ2) is 10.8. The fourth-order valence-corrected chi connectivity index (χ4v) is 2.38. The first-order valence-corrected chi connectivity index (χ1v) is 8.14. The zero-order chi connectivity index (χ0) is 17.2. The predicted molar refractivity (Wildman–Crippen MR) is 81.8 cm³/mol. The van der Waals surface area contributed by atoms with E-state index in [1.54, 1.807) is 0 Å². The number of aliphatic hydroxyl groups excluding tert-OH is 3. The summed E-state index contributed by atoms with van der Waals surface area (Å²) in [5, 5.41) is 31.8. The number of carbonyl (C=O) groups excluding carboxylic acids is 1. The van der Waals surface area contributed by atoms with Gasteiger partial charge < -0.3 is 34.8 Å². The van der Waals surface area contributed by atoms with Gasteiger partial charge in [0.05, 0.1) is 0 Å². The molecule has 5 atom stereocenters. The van der Waals surface area contributed by atoms with Gasteiger partial charge in [-0.05, 0) is 6.42 Å². The highest BCUT2D eigenvalue weighted by Gasteiger charge is 2.44. The maximum atomic E-state index is 11.6. The highest BCUT2D eigenvalue weighted by Crippen LogP contribution is 2.21. The molecule has 1 aliphatic heterocycles. The Balaban J connectivity index is 2.24. The zero-order valence-electron chi connectivity index (χ0n) is 13.8. The van der Waals surface area contributed by atoms with Crippen LogP contribution in [0, 0.1) is 0 Å². The summed E-state index contributed by atoms with van der Waals surface area (Å²) in [6, 6.07) is 0. The van der Waals surface area contributed by atoms with Crippen LogP contribution in [0.25, 0.3) is 0 Å². The van der Waals surface area contributed by atoms with E-state index >= 15 is 0 Å². The Morgan fingerprint density at radius 1 is 1.09 bits per heavy atom. The third-order valence-corrected chi connectivity index (χ3v) is 3.83. The van der Waals surface area contributed by atoms with Crippen molar-refractivity contribution < 1.29 is 34.3 Å². The quantitative estimate of drug-likeness (QED) is 0.443. The lowest BCUT2D eigenvalue weighted by atomic mass is 9.99. The molecule has 0 aromatic carbocycles. The standard InChI is InChI=1S/C15H29NO7/c1-3-4-5-6-7-8-16-15(20)22-9-10-11(17)12(18)13(19)14(21-2)23-10/h10-14,17-19H,3-9H2,1-2H3,(H,16,20)/t10-,11-,12-,13+,14-/m0/s1. The van der Waals surface area contributed by atoms with Gasteiger partial charge in [-0.3, -0.25) is 0 Å². The monoisotopic (exact) mass is 335 g/mol. The van der Waals surface area contributed by atoms with Crippen molar-refractivity contribution in [1.29, 1.82) is 0 Å². The normalized spacial score (nSPS) is 30.9. The summed E-state index contributed by atoms with van der Waals surface area (Å²) >= 11 is 0. The summed E-state index contributed by atoms with van der Waals surface area (Å²) in [5.41, 5.74) is 0. The summed E-state index contributed by atoms with van der Waals surface area (Å²) in [6.45, 7) is 2.42. The number of ether oxygens (including phenoxy) is 3. The number of hydrogen-bond donors (Lipinski definition) is 4. The highest BCUT2D eigenvalue weighted by atomic mass is 16.7. The Hall–Kier alpha value is -0.930. The Morgan fingerprint density at radius 3 is 2.43 bits per heavy atom. The molecule has 1 rings (SSSR count). The van der Waals surface area contributed by atoms with Gasteiger partial charge >= 0.3 is 6.09 Å². The Labute approximate surface area is 136 Å². The van der Waals surface area contributed by atoms with Crippen LogP contribution in [0.4, 0.5) is 4.79 Å². The summed E-state index contributed by atoms with van der Waals surface area (Å²) < 4.78 is 15.1. The molecule has 0 unspecified atom stereocenters. The van der Waals surface area contributed by atoms with E-state index in [1.165, 1.54) is 20.0 Å². The zero-order valence-corrected chi connectivity index (χ0v) is 13.8. The number of nitrogens with one attached hydrogen (secondary N) is 1. The minimum Gasteiger partial charge on any atom is -0.447 e. The first-order chi connectivity index (χ1) is 11.0.